The molecular formula is C89H130O14. The molecule has 8 bridgehead atoms. The number of hydrogen-bond acceptors (Lipinski definition) is 14. The lowest BCUT2D eigenvalue weighted by molar-refractivity contribution is -0.255. The molecule has 3 heterocycles. The molecule has 3 aliphatic heterocycles. The third-order valence-corrected chi connectivity index (χ3v) is 25.7. The first-order valence-corrected chi connectivity index (χ1v) is 39.7. The Morgan fingerprint density at radius 3 is 1.06 bits per heavy atom. The van der Waals surface area contributed by atoms with Gasteiger partial charge in [0.15, 0.2) is 6.29 Å². The van der Waals surface area contributed by atoms with Gasteiger partial charge < -0.3 is 43.4 Å². The van der Waals surface area contributed by atoms with Crippen molar-refractivity contribution < 1.29 is 67.5 Å². The molecule has 2 N–H and O–H groups in total. The van der Waals surface area contributed by atoms with Gasteiger partial charge in [0.25, 0.3) is 0 Å². The number of phenols is 2. The van der Waals surface area contributed by atoms with Crippen molar-refractivity contribution in [1.82, 2.24) is 0 Å². The first kappa shape index (κ1) is 80.8. The molecular weight excluding hydrogens is 1290 g/mol. The zero-order chi connectivity index (χ0) is 74.5. The van der Waals surface area contributed by atoms with Gasteiger partial charge in [-0.1, -0.05) is 104 Å². The average Bonchev–Trinajstić information content (AvgIpc) is 1.64. The van der Waals surface area contributed by atoms with Crippen LogP contribution in [0, 0.1) is 100 Å². The number of carbonyl (C=O) groups is 3. The Kier molecular flexibility index (Phi) is 28.5. The van der Waals surface area contributed by atoms with Crippen molar-refractivity contribution in [3.63, 3.8) is 0 Å². The molecule has 570 valence electrons. The number of fused-ring (bicyclic) bond motifs is 8. The minimum Gasteiger partial charge on any atom is -0.508 e. The lowest BCUT2D eigenvalue weighted by atomic mass is 9.73. The van der Waals surface area contributed by atoms with Gasteiger partial charge in [0.1, 0.15) is 34.2 Å². The molecule has 21 unspecified atom stereocenters. The van der Waals surface area contributed by atoms with Gasteiger partial charge >= 0.3 is 18.3 Å². The number of aromatic hydroxyl groups is 2. The number of hydrogen-bond donors (Lipinski definition) is 2. The van der Waals surface area contributed by atoms with Crippen LogP contribution in [0.4, 0.5) is 9.59 Å². The molecule has 8 aliphatic carbocycles. The molecule has 0 aromatic heterocycles. The summed E-state index contributed by atoms with van der Waals surface area (Å²) >= 11 is 0. The molecule has 0 radical (unpaired) electrons. The predicted octanol–water partition coefficient (Wildman–Crippen LogP) is 22.5. The number of phenolic OH excluding ortho intramolecular Hbond substituents is 2. The van der Waals surface area contributed by atoms with Crippen LogP contribution in [0.1, 0.15) is 260 Å². The first-order valence-electron chi connectivity index (χ1n) is 39.7. The van der Waals surface area contributed by atoms with Crippen LogP contribution in [0.3, 0.4) is 0 Å². The van der Waals surface area contributed by atoms with Crippen LogP contribution < -0.4 is 9.47 Å². The molecule has 11 aliphatic rings. The molecule has 0 amide bonds. The van der Waals surface area contributed by atoms with Crippen LogP contribution >= 0.6 is 0 Å². The Bertz CT molecular complexity index is 3180. The highest BCUT2D eigenvalue weighted by atomic mass is 17.2. The summed E-state index contributed by atoms with van der Waals surface area (Å²) < 4.78 is 36.6. The summed E-state index contributed by atoms with van der Waals surface area (Å²) in [6, 6.07) is 32.6. The van der Waals surface area contributed by atoms with Crippen molar-refractivity contribution in [2.75, 3.05) is 26.4 Å². The number of carbonyl (C=O) groups excluding carboxylic acids is 3. The van der Waals surface area contributed by atoms with Gasteiger partial charge in [-0.25, -0.2) is 19.4 Å². The summed E-state index contributed by atoms with van der Waals surface area (Å²) in [6.45, 7) is 38.6. The molecule has 4 aromatic carbocycles. The van der Waals surface area contributed by atoms with Gasteiger partial charge in [-0.2, -0.15) is 4.79 Å². The summed E-state index contributed by atoms with van der Waals surface area (Å²) in [4.78, 5) is 42.4. The first-order chi connectivity index (χ1) is 48.8. The largest absolute Gasteiger partial charge is 0.550 e. The van der Waals surface area contributed by atoms with Gasteiger partial charge in [-0.05, 0) is 347 Å². The number of ether oxygens (including phenoxy) is 7. The summed E-state index contributed by atoms with van der Waals surface area (Å²) in [5.41, 5.74) is 3.84. The van der Waals surface area contributed by atoms with E-state index in [-0.39, 0.29) is 6.29 Å². The van der Waals surface area contributed by atoms with E-state index in [1.165, 1.54) is 112 Å². The fourth-order valence-electron chi connectivity index (χ4n) is 19.1. The molecule has 8 saturated carbocycles. The molecule has 0 spiro atoms. The van der Waals surface area contributed by atoms with Crippen LogP contribution in [0.15, 0.2) is 109 Å². The highest BCUT2D eigenvalue weighted by Gasteiger charge is 2.52. The molecule has 14 nitrogen and oxygen atoms in total. The molecule has 15 rings (SSSR count). The van der Waals surface area contributed by atoms with Crippen LogP contribution in [0.25, 0.3) is 0 Å². The van der Waals surface area contributed by atoms with E-state index in [0.29, 0.717) is 23.2 Å². The van der Waals surface area contributed by atoms with Crippen molar-refractivity contribution in [2.45, 2.75) is 255 Å². The second kappa shape index (κ2) is 36.4. The lowest BCUT2D eigenvalue weighted by Crippen LogP contribution is -2.28. The van der Waals surface area contributed by atoms with Gasteiger partial charge in [-0.15, -0.1) is 0 Å². The Morgan fingerprint density at radius 1 is 0.408 bits per heavy atom. The molecule has 4 aromatic rings. The Morgan fingerprint density at radius 2 is 0.777 bits per heavy atom. The minimum atomic E-state index is -1.03. The molecule has 14 heteroatoms. The van der Waals surface area contributed by atoms with E-state index in [1.807, 2.05) is 63.2 Å². The van der Waals surface area contributed by atoms with Crippen molar-refractivity contribution in [1.29, 1.82) is 0 Å². The van der Waals surface area contributed by atoms with Gasteiger partial charge in [0.05, 0.1) is 24.9 Å². The van der Waals surface area contributed by atoms with E-state index in [1.54, 1.807) is 47.8 Å². The fraction of sp³-hybridized carbons (Fsp3) is 0.674. The third kappa shape index (κ3) is 22.4. The monoisotopic (exact) mass is 1420 g/mol. The quantitative estimate of drug-likeness (QED) is 0.0774. The Hall–Kier alpha value is -6.25. The summed E-state index contributed by atoms with van der Waals surface area (Å²) in [5, 5.41) is 18.7. The predicted molar refractivity (Wildman–Crippen MR) is 407 cm³/mol. The van der Waals surface area contributed by atoms with E-state index in [2.05, 4.69) is 126 Å². The molecule has 21 atom stereocenters. The molecule has 10 fully saturated rings. The number of allylic oxidation sites excluding steroid dienone is 1. The van der Waals surface area contributed by atoms with Crippen LogP contribution in [-0.4, -0.2) is 72.4 Å². The molecule has 2 saturated heterocycles. The van der Waals surface area contributed by atoms with Crippen molar-refractivity contribution in [2.24, 2.45) is 100 Å². The zero-order valence-corrected chi connectivity index (χ0v) is 65.7. The van der Waals surface area contributed by atoms with E-state index < -0.39 is 34.9 Å². The maximum Gasteiger partial charge on any atom is 0.550 e. The second-order valence-electron chi connectivity index (χ2n) is 35.6. The van der Waals surface area contributed by atoms with Crippen LogP contribution in [0.2, 0.25) is 0 Å². The van der Waals surface area contributed by atoms with E-state index in [0.717, 1.165) is 151 Å². The highest BCUT2D eigenvalue weighted by molar-refractivity contribution is 5.75. The van der Waals surface area contributed by atoms with Crippen molar-refractivity contribution in [3.8, 4) is 23.0 Å². The summed E-state index contributed by atoms with van der Waals surface area (Å²) in [7, 11) is 0. The van der Waals surface area contributed by atoms with Gasteiger partial charge in [0, 0.05) is 19.6 Å². The minimum absolute atomic E-state index is 0.0389. The van der Waals surface area contributed by atoms with Crippen molar-refractivity contribution >= 4 is 18.3 Å². The topological polar surface area (TPSA) is 175 Å². The van der Waals surface area contributed by atoms with E-state index >= 15 is 0 Å². The van der Waals surface area contributed by atoms with Crippen molar-refractivity contribution in [3.05, 3.63) is 132 Å². The summed E-state index contributed by atoms with van der Waals surface area (Å²) in [6.07, 6.45) is 21.5. The van der Waals surface area contributed by atoms with Gasteiger partial charge in [0.2, 0.25) is 0 Å². The third-order valence-electron chi connectivity index (χ3n) is 25.7. The smallest absolute Gasteiger partial charge is 0.508 e. The number of rotatable bonds is 7. The lowest BCUT2D eigenvalue weighted by Gasteiger charge is -2.32. The molecule has 103 heavy (non-hydrogen) atoms. The fourth-order valence-corrected chi connectivity index (χ4v) is 19.1. The van der Waals surface area contributed by atoms with E-state index in [9.17, 15) is 24.6 Å². The SMILES string of the molecule is C1=COCCC1.C1CCOC1.CC(C)(C)OC(=O)OOC(=O)C(C)(C)C.CC1C2CC(c3ccc(O)cc3)C(C2)C1C.CC1C2CC(c3ccc(O)cc3)C(C2)C1C.CC1C2CC(c3ccc(OC(=O)OC(C)(C)C)cc3)C(C2)C1C.CC1C2CC(c3ccc(OC4CCCCO4)cc3)C(C2)C1C. The second-order valence-corrected chi connectivity index (χ2v) is 35.6. The standard InChI is InChI=1S/C20H28O3.C20H28O2.2C15H20O.C10H18O5.C5H8O.C4H8O/c1-12-13(2)17-10-15(12)11-18(17)14-6-8-16(9-7-14)22-19(21)23-20(3,4)5;1-13-14(2)18-11-16(13)12-19(18)15-6-8-17(9-7-15)22-20-5-3-4-10-21-20;2*1-9-10(2)14-7-12(9)8-15(14)11-3-5-13(16)6-4-11;1-9(2,3)7(11)14-15-8(12)13-10(4,5)6;1-2-4-6-5-3-1;1-2-4-5-3-1/h6-9,12-13,15,17-18H,10-11H2,1-5H3;6-9,13-14,16,18-20H,3-5,10-12H2,1-2H3;2*3-6,9-10,12,14-16H,7-8H2,1-2H3;1-6H3;2,4H,1,3,5H2;1-4H2. The number of benzene rings is 4. The maximum absolute atomic E-state index is 11.7. The Balaban J connectivity index is 0.000000145. The van der Waals surface area contributed by atoms with E-state index in [4.69, 9.17) is 33.2 Å². The van der Waals surface area contributed by atoms with Crippen LogP contribution in [0.5, 0.6) is 23.0 Å². The van der Waals surface area contributed by atoms with Gasteiger partial charge in [-0.3, -0.25) is 0 Å². The maximum atomic E-state index is 11.7. The normalized spacial score (nSPS) is 33.0. The summed E-state index contributed by atoms with van der Waals surface area (Å²) in [5.74, 6) is 18.8. The highest BCUT2D eigenvalue weighted by Crippen LogP contribution is 2.62. The van der Waals surface area contributed by atoms with Crippen LogP contribution in [-0.2, 0) is 38.3 Å². The average molecular weight is 1420 g/mol. The zero-order valence-electron chi connectivity index (χ0n) is 65.7. The Labute approximate surface area is 619 Å².